The van der Waals surface area contributed by atoms with Gasteiger partial charge in [0.15, 0.2) is 5.69 Å². The van der Waals surface area contributed by atoms with Crippen molar-refractivity contribution in [1.82, 2.24) is 9.78 Å². The van der Waals surface area contributed by atoms with E-state index in [1.807, 2.05) is 0 Å². The van der Waals surface area contributed by atoms with Crippen LogP contribution < -0.4 is 5.32 Å². The molecule has 0 unspecified atom stereocenters. The zero-order valence-electron chi connectivity index (χ0n) is 16.9. The van der Waals surface area contributed by atoms with E-state index in [0.29, 0.717) is 16.5 Å². The van der Waals surface area contributed by atoms with E-state index in [-0.39, 0.29) is 22.7 Å². The lowest BCUT2D eigenvalue weighted by atomic mass is 9.72. The topological polar surface area (TPSA) is 73.2 Å². The summed E-state index contributed by atoms with van der Waals surface area (Å²) in [5, 5.41) is 7.74. The number of hydrogen-bond acceptors (Lipinski definition) is 5. The minimum atomic E-state index is -0.429. The average molecular weight is 424 g/mol. The molecule has 152 valence electrons. The van der Waals surface area contributed by atoms with Crippen molar-refractivity contribution >= 4 is 39.8 Å². The van der Waals surface area contributed by atoms with E-state index in [0.717, 1.165) is 29.7 Å². The number of esters is 1. The highest BCUT2D eigenvalue weighted by atomic mass is 35.5. The second kappa shape index (κ2) is 7.87. The molecule has 0 aliphatic heterocycles. The van der Waals surface area contributed by atoms with Gasteiger partial charge in [-0.05, 0) is 43.1 Å². The van der Waals surface area contributed by atoms with Crippen molar-refractivity contribution in [2.24, 2.45) is 18.4 Å². The standard InChI is InChI=1S/C20H26ClN3O3S/c1-6-27-19(26)15-12-8-7-11(20(2,3)4)9-14(12)28-18(15)22-17(25)16-13(21)10-24(5)23-16/h10-11H,6-9H2,1-5H3,(H,22,25)/t11-/m0/s1. The van der Waals surface area contributed by atoms with Gasteiger partial charge < -0.3 is 10.1 Å². The van der Waals surface area contributed by atoms with Gasteiger partial charge in [0.1, 0.15) is 5.00 Å². The Bertz CT molecular complexity index is 911. The lowest BCUT2D eigenvalue weighted by Crippen LogP contribution is -2.26. The van der Waals surface area contributed by atoms with E-state index < -0.39 is 11.9 Å². The van der Waals surface area contributed by atoms with E-state index in [9.17, 15) is 9.59 Å². The molecule has 1 N–H and O–H groups in total. The Morgan fingerprint density at radius 1 is 1.43 bits per heavy atom. The predicted octanol–water partition coefficient (Wildman–Crippen LogP) is 4.72. The Labute approximate surface area is 174 Å². The van der Waals surface area contributed by atoms with Crippen LogP contribution in [0.15, 0.2) is 6.20 Å². The predicted molar refractivity (Wildman–Crippen MR) is 111 cm³/mol. The summed E-state index contributed by atoms with van der Waals surface area (Å²) >= 11 is 7.56. The summed E-state index contributed by atoms with van der Waals surface area (Å²) in [7, 11) is 1.70. The average Bonchev–Trinajstić information content (AvgIpc) is 3.12. The number of ether oxygens (including phenoxy) is 1. The summed E-state index contributed by atoms with van der Waals surface area (Å²) in [5.74, 6) is -0.291. The van der Waals surface area contributed by atoms with Gasteiger partial charge in [0.2, 0.25) is 0 Å². The van der Waals surface area contributed by atoms with E-state index in [1.54, 1.807) is 20.2 Å². The van der Waals surface area contributed by atoms with E-state index in [2.05, 4.69) is 31.2 Å². The summed E-state index contributed by atoms with van der Waals surface area (Å²) < 4.78 is 6.76. The molecular formula is C20H26ClN3O3S. The maximum Gasteiger partial charge on any atom is 0.341 e. The summed E-state index contributed by atoms with van der Waals surface area (Å²) in [4.78, 5) is 26.5. The molecule has 1 aliphatic carbocycles. The zero-order chi connectivity index (χ0) is 20.6. The molecular weight excluding hydrogens is 398 g/mol. The SMILES string of the molecule is CCOC(=O)c1c(NC(=O)c2nn(C)cc2Cl)sc2c1CC[C@H](C(C)(C)C)C2. The van der Waals surface area contributed by atoms with Crippen LogP contribution in [0.3, 0.4) is 0 Å². The fraction of sp³-hybridized carbons (Fsp3) is 0.550. The molecule has 0 aromatic carbocycles. The summed E-state index contributed by atoms with van der Waals surface area (Å²) in [6, 6.07) is 0. The number of nitrogens with zero attached hydrogens (tertiary/aromatic N) is 2. The van der Waals surface area contributed by atoms with Crippen LogP contribution in [0.25, 0.3) is 0 Å². The monoisotopic (exact) mass is 423 g/mol. The van der Waals surface area contributed by atoms with Gasteiger partial charge in [-0.25, -0.2) is 4.79 Å². The molecule has 0 saturated heterocycles. The fourth-order valence-electron chi connectivity index (χ4n) is 3.61. The van der Waals surface area contributed by atoms with E-state index in [4.69, 9.17) is 16.3 Å². The number of hydrogen-bond donors (Lipinski definition) is 1. The van der Waals surface area contributed by atoms with Gasteiger partial charge in [0.25, 0.3) is 5.91 Å². The van der Waals surface area contributed by atoms with Gasteiger partial charge in [-0.3, -0.25) is 9.48 Å². The number of carbonyl (C=O) groups is 2. The Morgan fingerprint density at radius 3 is 2.71 bits per heavy atom. The molecule has 3 rings (SSSR count). The van der Waals surface area contributed by atoms with Crippen LogP contribution in [0.1, 0.15) is 65.4 Å². The van der Waals surface area contributed by atoms with Crippen molar-refractivity contribution in [2.75, 3.05) is 11.9 Å². The summed E-state index contributed by atoms with van der Waals surface area (Å²) in [6.45, 7) is 8.79. The van der Waals surface area contributed by atoms with Gasteiger partial charge >= 0.3 is 5.97 Å². The maximum absolute atomic E-state index is 12.7. The van der Waals surface area contributed by atoms with Crippen LogP contribution in [-0.2, 0) is 24.6 Å². The first kappa shape index (κ1) is 20.9. The van der Waals surface area contributed by atoms with Crippen LogP contribution in [0.2, 0.25) is 5.02 Å². The molecule has 0 spiro atoms. The van der Waals surface area contributed by atoms with Crippen molar-refractivity contribution in [3.05, 3.63) is 32.9 Å². The van der Waals surface area contributed by atoms with Crippen LogP contribution in [0.5, 0.6) is 0 Å². The Kier molecular flexibility index (Phi) is 5.87. The molecule has 0 bridgehead atoms. The number of halogens is 1. The van der Waals surface area contributed by atoms with Gasteiger partial charge in [-0.2, -0.15) is 5.10 Å². The molecule has 0 radical (unpaired) electrons. The molecule has 0 fully saturated rings. The minimum Gasteiger partial charge on any atom is -0.462 e. The molecule has 8 heteroatoms. The highest BCUT2D eigenvalue weighted by Crippen LogP contribution is 2.44. The number of aryl methyl sites for hydroxylation is 1. The number of rotatable bonds is 4. The fourth-order valence-corrected chi connectivity index (χ4v) is 5.18. The molecule has 2 heterocycles. The number of amides is 1. The van der Waals surface area contributed by atoms with Crippen LogP contribution in [0.4, 0.5) is 5.00 Å². The number of thiophene rings is 1. The molecule has 2 aromatic rings. The molecule has 6 nitrogen and oxygen atoms in total. The van der Waals surface area contributed by atoms with Crippen molar-refractivity contribution in [2.45, 2.75) is 47.0 Å². The molecule has 2 aromatic heterocycles. The first-order valence-corrected chi connectivity index (χ1v) is 10.6. The third kappa shape index (κ3) is 4.10. The highest BCUT2D eigenvalue weighted by Gasteiger charge is 2.34. The van der Waals surface area contributed by atoms with Crippen molar-refractivity contribution in [1.29, 1.82) is 0 Å². The van der Waals surface area contributed by atoms with Gasteiger partial charge in [0, 0.05) is 18.1 Å². The first-order valence-electron chi connectivity index (χ1n) is 9.44. The first-order chi connectivity index (χ1) is 13.1. The summed E-state index contributed by atoms with van der Waals surface area (Å²) in [5.41, 5.74) is 1.82. The second-order valence-electron chi connectivity index (χ2n) is 8.19. The smallest absolute Gasteiger partial charge is 0.341 e. The highest BCUT2D eigenvalue weighted by molar-refractivity contribution is 7.17. The number of fused-ring (bicyclic) bond motifs is 1. The van der Waals surface area contributed by atoms with Crippen LogP contribution >= 0.6 is 22.9 Å². The zero-order valence-corrected chi connectivity index (χ0v) is 18.5. The van der Waals surface area contributed by atoms with E-state index in [1.165, 1.54) is 16.0 Å². The third-order valence-electron chi connectivity index (χ3n) is 5.20. The second-order valence-corrected chi connectivity index (χ2v) is 9.70. The van der Waals surface area contributed by atoms with Gasteiger partial charge in [-0.1, -0.05) is 32.4 Å². The van der Waals surface area contributed by atoms with Crippen molar-refractivity contribution in [3.63, 3.8) is 0 Å². The number of carbonyl (C=O) groups excluding carboxylic acids is 2. The third-order valence-corrected chi connectivity index (χ3v) is 6.64. The molecule has 0 saturated carbocycles. The molecule has 28 heavy (non-hydrogen) atoms. The van der Waals surface area contributed by atoms with Crippen molar-refractivity contribution < 1.29 is 14.3 Å². The lowest BCUT2D eigenvalue weighted by molar-refractivity contribution is 0.0526. The Hall–Kier alpha value is -1.86. The van der Waals surface area contributed by atoms with Crippen molar-refractivity contribution in [3.8, 4) is 0 Å². The molecule has 1 aliphatic rings. The van der Waals surface area contributed by atoms with Gasteiger partial charge in [-0.15, -0.1) is 11.3 Å². The number of anilines is 1. The van der Waals surface area contributed by atoms with Crippen LogP contribution in [-0.4, -0.2) is 28.3 Å². The summed E-state index contributed by atoms with van der Waals surface area (Å²) in [6.07, 6.45) is 4.29. The minimum absolute atomic E-state index is 0.137. The maximum atomic E-state index is 12.7. The Morgan fingerprint density at radius 2 is 2.14 bits per heavy atom. The number of nitrogens with one attached hydrogen (secondary N) is 1. The number of aromatic nitrogens is 2. The largest absolute Gasteiger partial charge is 0.462 e. The molecule has 1 amide bonds. The Balaban J connectivity index is 1.96. The quantitative estimate of drug-likeness (QED) is 0.722. The van der Waals surface area contributed by atoms with E-state index >= 15 is 0 Å². The van der Waals surface area contributed by atoms with Crippen LogP contribution in [0, 0.1) is 11.3 Å². The lowest BCUT2D eigenvalue weighted by Gasteiger charge is -2.33. The van der Waals surface area contributed by atoms with Gasteiger partial charge in [0.05, 0.1) is 17.2 Å². The normalized spacial score (nSPS) is 16.6. The molecule has 1 atom stereocenters.